The minimum atomic E-state index is -0.322. The summed E-state index contributed by atoms with van der Waals surface area (Å²) in [5.74, 6) is 0.614. The van der Waals surface area contributed by atoms with Crippen LogP contribution in [0.25, 0.3) is 10.8 Å². The molecular weight excluding hydrogens is 422 g/mol. The van der Waals surface area contributed by atoms with E-state index in [1.54, 1.807) is 0 Å². The third kappa shape index (κ3) is 5.16. The lowest BCUT2D eigenvalue weighted by Gasteiger charge is -2.42. The first-order chi connectivity index (χ1) is 16.6. The van der Waals surface area contributed by atoms with Crippen molar-refractivity contribution < 1.29 is 9.53 Å². The summed E-state index contributed by atoms with van der Waals surface area (Å²) in [6.07, 6.45) is 7.31. The van der Waals surface area contributed by atoms with E-state index in [4.69, 9.17) is 4.74 Å². The molecule has 0 aliphatic carbocycles. The monoisotopic (exact) mass is 457 g/mol. The number of fused-ring (bicyclic) bond motifs is 1. The van der Waals surface area contributed by atoms with E-state index in [2.05, 4.69) is 64.3 Å². The summed E-state index contributed by atoms with van der Waals surface area (Å²) < 4.78 is 5.99. The maximum absolute atomic E-state index is 14.2. The molecule has 5 heteroatoms. The van der Waals surface area contributed by atoms with Gasteiger partial charge in [-0.2, -0.15) is 0 Å². The molecule has 5 rings (SSSR count). The number of amides is 1. The zero-order valence-corrected chi connectivity index (χ0v) is 20.2. The number of benzene rings is 2. The van der Waals surface area contributed by atoms with E-state index in [0.29, 0.717) is 31.6 Å². The van der Waals surface area contributed by atoms with Crippen molar-refractivity contribution in [1.82, 2.24) is 14.8 Å². The van der Waals surface area contributed by atoms with Crippen LogP contribution in [0.1, 0.15) is 24.0 Å². The molecule has 5 nitrogen and oxygen atoms in total. The fourth-order valence-electron chi connectivity index (χ4n) is 5.62. The highest BCUT2D eigenvalue weighted by molar-refractivity contribution is 5.83. The van der Waals surface area contributed by atoms with Gasteiger partial charge in [-0.05, 0) is 74.5 Å². The van der Waals surface area contributed by atoms with Crippen LogP contribution in [0.15, 0.2) is 67.0 Å². The SMILES string of the molecule is CN1CCC(Cc2ccccc2)(C(=O)N2CCOC[C@H](Cc3ccc4ccncc4c3)C2)CC1. The van der Waals surface area contributed by atoms with E-state index < -0.39 is 0 Å². The average Bonchev–Trinajstić information content (AvgIpc) is 3.11. The Balaban J connectivity index is 1.34. The Bertz CT molecular complexity index is 1110. The van der Waals surface area contributed by atoms with Gasteiger partial charge < -0.3 is 14.5 Å². The van der Waals surface area contributed by atoms with Crippen LogP contribution in [-0.2, 0) is 22.4 Å². The van der Waals surface area contributed by atoms with Gasteiger partial charge in [-0.3, -0.25) is 9.78 Å². The largest absolute Gasteiger partial charge is 0.379 e. The molecule has 0 saturated carbocycles. The van der Waals surface area contributed by atoms with Crippen LogP contribution in [0.5, 0.6) is 0 Å². The number of hydrogen-bond acceptors (Lipinski definition) is 4. The lowest BCUT2D eigenvalue weighted by Crippen LogP contribution is -2.52. The molecule has 2 aromatic carbocycles. The van der Waals surface area contributed by atoms with Gasteiger partial charge in [-0.15, -0.1) is 0 Å². The molecule has 34 heavy (non-hydrogen) atoms. The summed E-state index contributed by atoms with van der Waals surface area (Å²) in [6, 6.07) is 19.2. The van der Waals surface area contributed by atoms with Gasteiger partial charge in [0.2, 0.25) is 5.91 Å². The van der Waals surface area contributed by atoms with Crippen LogP contribution >= 0.6 is 0 Å². The highest BCUT2D eigenvalue weighted by Crippen LogP contribution is 2.37. The maximum Gasteiger partial charge on any atom is 0.229 e. The van der Waals surface area contributed by atoms with Crippen LogP contribution in [0.4, 0.5) is 0 Å². The number of ether oxygens (including phenoxy) is 1. The molecule has 3 aromatic rings. The Kier molecular flexibility index (Phi) is 6.93. The summed E-state index contributed by atoms with van der Waals surface area (Å²) >= 11 is 0. The third-order valence-electron chi connectivity index (χ3n) is 7.64. The zero-order valence-electron chi connectivity index (χ0n) is 20.2. The molecule has 1 aromatic heterocycles. The maximum atomic E-state index is 14.2. The van der Waals surface area contributed by atoms with Gasteiger partial charge in [0, 0.05) is 36.8 Å². The Hall–Kier alpha value is -2.76. The number of aromatic nitrogens is 1. The lowest BCUT2D eigenvalue weighted by atomic mass is 9.72. The van der Waals surface area contributed by atoms with E-state index >= 15 is 0 Å². The first-order valence-electron chi connectivity index (χ1n) is 12.5. The molecule has 0 N–H and O–H groups in total. The normalized spacial score (nSPS) is 21.3. The van der Waals surface area contributed by atoms with Crippen LogP contribution < -0.4 is 0 Å². The number of hydrogen-bond donors (Lipinski definition) is 0. The van der Waals surface area contributed by atoms with Crippen LogP contribution in [0, 0.1) is 11.3 Å². The molecular formula is C29H35N3O2. The highest BCUT2D eigenvalue weighted by Gasteiger charge is 2.43. The summed E-state index contributed by atoms with van der Waals surface area (Å²) in [5, 5.41) is 2.37. The summed E-state index contributed by atoms with van der Waals surface area (Å²) in [7, 11) is 2.16. The standard InChI is InChI=1S/C29H35N3O2/c1-31-13-10-29(11-14-31,19-23-5-3-2-4-6-23)28(33)32-15-16-34-22-25(21-32)17-24-7-8-26-9-12-30-20-27(26)18-24/h2-9,12,18,20,25H,10-11,13-17,19,21-22H2,1H3/t25-/m1/s1. The highest BCUT2D eigenvalue weighted by atomic mass is 16.5. The molecule has 1 amide bonds. The van der Waals surface area contributed by atoms with Crippen molar-refractivity contribution in [3.8, 4) is 0 Å². The molecule has 2 fully saturated rings. The number of pyridine rings is 1. The number of carbonyl (C=O) groups excluding carboxylic acids is 1. The predicted molar refractivity (Wildman–Crippen MR) is 136 cm³/mol. The zero-order chi connectivity index (χ0) is 23.4. The van der Waals surface area contributed by atoms with Crippen LogP contribution in [0.3, 0.4) is 0 Å². The van der Waals surface area contributed by atoms with E-state index in [0.717, 1.165) is 50.7 Å². The van der Waals surface area contributed by atoms with E-state index in [9.17, 15) is 4.79 Å². The molecule has 0 bridgehead atoms. The number of carbonyl (C=O) groups is 1. The van der Waals surface area contributed by atoms with Gasteiger partial charge >= 0.3 is 0 Å². The molecule has 2 aliphatic heterocycles. The molecule has 2 aliphatic rings. The predicted octanol–water partition coefficient (Wildman–Crippen LogP) is 4.21. The Labute approximate surface area is 202 Å². The molecule has 0 radical (unpaired) electrons. The summed E-state index contributed by atoms with van der Waals surface area (Å²) in [5.41, 5.74) is 2.21. The van der Waals surface area contributed by atoms with Gasteiger partial charge in [0.15, 0.2) is 0 Å². The van der Waals surface area contributed by atoms with Crippen LogP contribution in [-0.4, -0.2) is 67.1 Å². The van der Waals surface area contributed by atoms with Crippen molar-refractivity contribution in [3.05, 3.63) is 78.1 Å². The topological polar surface area (TPSA) is 45.7 Å². The minimum Gasteiger partial charge on any atom is -0.379 e. The summed E-state index contributed by atoms with van der Waals surface area (Å²) in [4.78, 5) is 22.9. The lowest BCUT2D eigenvalue weighted by molar-refractivity contribution is -0.145. The second kappa shape index (κ2) is 10.2. The molecule has 0 unspecified atom stereocenters. The second-order valence-electron chi connectivity index (χ2n) is 10.2. The van der Waals surface area contributed by atoms with Crippen molar-refractivity contribution in [3.63, 3.8) is 0 Å². The van der Waals surface area contributed by atoms with Gasteiger partial charge in [0.25, 0.3) is 0 Å². The third-order valence-corrected chi connectivity index (χ3v) is 7.64. The van der Waals surface area contributed by atoms with Crippen molar-refractivity contribution in [2.24, 2.45) is 11.3 Å². The quantitative estimate of drug-likeness (QED) is 0.576. The van der Waals surface area contributed by atoms with Gasteiger partial charge in [-0.25, -0.2) is 0 Å². The van der Waals surface area contributed by atoms with E-state index in [1.807, 2.05) is 24.5 Å². The molecule has 0 spiro atoms. The number of nitrogens with zero attached hydrogens (tertiary/aromatic N) is 3. The van der Waals surface area contributed by atoms with Gasteiger partial charge in [0.05, 0.1) is 18.6 Å². The van der Waals surface area contributed by atoms with Crippen LogP contribution in [0.2, 0.25) is 0 Å². The molecule has 3 heterocycles. The minimum absolute atomic E-state index is 0.292. The average molecular weight is 458 g/mol. The Morgan fingerprint density at radius 1 is 1.03 bits per heavy atom. The molecule has 178 valence electrons. The first-order valence-corrected chi connectivity index (χ1v) is 12.5. The van der Waals surface area contributed by atoms with Crippen molar-refractivity contribution >= 4 is 16.7 Å². The Morgan fingerprint density at radius 3 is 2.68 bits per heavy atom. The van der Waals surface area contributed by atoms with Gasteiger partial charge in [0.1, 0.15) is 0 Å². The first kappa shape index (κ1) is 23.0. The fraction of sp³-hybridized carbons (Fsp3) is 0.448. The molecule has 1 atom stereocenters. The van der Waals surface area contributed by atoms with E-state index in [-0.39, 0.29) is 5.41 Å². The smallest absolute Gasteiger partial charge is 0.229 e. The molecule has 2 saturated heterocycles. The summed E-state index contributed by atoms with van der Waals surface area (Å²) in [6.45, 7) is 4.70. The van der Waals surface area contributed by atoms with Crippen molar-refractivity contribution in [2.45, 2.75) is 25.7 Å². The second-order valence-corrected chi connectivity index (χ2v) is 10.2. The van der Waals surface area contributed by atoms with Gasteiger partial charge in [-0.1, -0.05) is 42.5 Å². The number of rotatable bonds is 5. The number of likely N-dealkylation sites (tertiary alicyclic amines) is 1. The number of piperidine rings is 1. The van der Waals surface area contributed by atoms with E-state index in [1.165, 1.54) is 16.5 Å². The van der Waals surface area contributed by atoms with Crippen molar-refractivity contribution in [2.75, 3.05) is 46.4 Å². The fourth-order valence-corrected chi connectivity index (χ4v) is 5.62. The Morgan fingerprint density at radius 2 is 1.85 bits per heavy atom. The van der Waals surface area contributed by atoms with Crippen molar-refractivity contribution in [1.29, 1.82) is 0 Å².